The predicted octanol–water partition coefficient (Wildman–Crippen LogP) is 5.27. The van der Waals surface area contributed by atoms with E-state index in [0.717, 1.165) is 30.2 Å². The van der Waals surface area contributed by atoms with Crippen LogP contribution in [0.15, 0.2) is 17.5 Å². The molecule has 0 amide bonds. The molecule has 0 aromatic carbocycles. The van der Waals surface area contributed by atoms with Crippen molar-refractivity contribution in [1.82, 2.24) is 5.32 Å². The van der Waals surface area contributed by atoms with E-state index >= 15 is 0 Å². The summed E-state index contributed by atoms with van der Waals surface area (Å²) >= 11 is 3.87. The molecular weight excluding hydrogens is 294 g/mol. The van der Waals surface area contributed by atoms with Crippen LogP contribution in [0.4, 0.5) is 0 Å². The third kappa shape index (κ3) is 1.97. The predicted molar refractivity (Wildman–Crippen MR) is 92.0 cm³/mol. The number of rotatable bonds is 3. The first-order valence-corrected chi connectivity index (χ1v) is 10.1. The summed E-state index contributed by atoms with van der Waals surface area (Å²) in [4.78, 5) is 1.53. The molecule has 4 fully saturated rings. The number of thiophene rings is 2. The normalized spacial score (nSPS) is 41.2. The van der Waals surface area contributed by atoms with Gasteiger partial charge in [-0.05, 0) is 73.3 Å². The Kier molecular flexibility index (Phi) is 2.84. The highest BCUT2D eigenvalue weighted by Crippen LogP contribution is 2.58. The maximum Gasteiger partial charge on any atom is 0.0868 e. The van der Waals surface area contributed by atoms with Gasteiger partial charge in [0.05, 0.1) is 4.01 Å². The zero-order valence-corrected chi connectivity index (χ0v) is 14.2. The first kappa shape index (κ1) is 13.1. The largest absolute Gasteiger partial charge is 0.306 e. The zero-order chi connectivity index (χ0) is 14.0. The van der Waals surface area contributed by atoms with Gasteiger partial charge in [0, 0.05) is 22.3 Å². The zero-order valence-electron chi connectivity index (χ0n) is 12.6. The molecule has 4 saturated carbocycles. The van der Waals surface area contributed by atoms with Crippen molar-refractivity contribution >= 4 is 32.1 Å². The molecule has 0 radical (unpaired) electrons. The Labute approximate surface area is 134 Å². The number of nitrogens with one attached hydrogen (secondary N) is 1. The van der Waals surface area contributed by atoms with Gasteiger partial charge in [-0.15, -0.1) is 22.7 Å². The van der Waals surface area contributed by atoms with Crippen LogP contribution in [0, 0.1) is 23.7 Å². The van der Waals surface area contributed by atoms with Crippen molar-refractivity contribution in [2.45, 2.75) is 51.1 Å². The molecule has 2 heterocycles. The number of fused-ring (bicyclic) bond motifs is 1. The fourth-order valence-electron chi connectivity index (χ4n) is 5.77. The van der Waals surface area contributed by atoms with Gasteiger partial charge < -0.3 is 5.32 Å². The first-order chi connectivity index (χ1) is 10.2. The molecule has 1 nitrogen and oxygen atoms in total. The Morgan fingerprint density at radius 3 is 2.81 bits per heavy atom. The van der Waals surface area contributed by atoms with Crippen LogP contribution < -0.4 is 5.32 Å². The van der Waals surface area contributed by atoms with Crippen molar-refractivity contribution in [3.63, 3.8) is 0 Å². The summed E-state index contributed by atoms with van der Waals surface area (Å²) in [5, 5.41) is 7.71. The molecule has 0 aliphatic heterocycles. The molecule has 4 aliphatic rings. The summed E-state index contributed by atoms with van der Waals surface area (Å²) in [6.45, 7) is 3.62. The molecule has 0 spiro atoms. The second-order valence-corrected chi connectivity index (χ2v) is 10.1. The van der Waals surface area contributed by atoms with Gasteiger partial charge in [0.1, 0.15) is 0 Å². The highest BCUT2D eigenvalue weighted by Gasteiger charge is 2.54. The van der Waals surface area contributed by atoms with Gasteiger partial charge in [-0.25, -0.2) is 0 Å². The highest BCUT2D eigenvalue weighted by molar-refractivity contribution is 7.37. The minimum atomic E-state index is 0.464. The first-order valence-electron chi connectivity index (χ1n) is 8.43. The minimum Gasteiger partial charge on any atom is -0.306 e. The summed E-state index contributed by atoms with van der Waals surface area (Å²) < 4.78 is 1.49. The van der Waals surface area contributed by atoms with Crippen LogP contribution >= 0.6 is 22.7 Å². The Hall–Kier alpha value is -0.380. The van der Waals surface area contributed by atoms with Crippen LogP contribution in [0.25, 0.3) is 9.40 Å². The van der Waals surface area contributed by atoms with Crippen molar-refractivity contribution in [1.29, 1.82) is 0 Å². The Morgan fingerprint density at radius 1 is 1.24 bits per heavy atom. The van der Waals surface area contributed by atoms with Crippen molar-refractivity contribution in [3.8, 4) is 0 Å². The monoisotopic (exact) mass is 317 g/mol. The molecule has 21 heavy (non-hydrogen) atoms. The fourth-order valence-corrected chi connectivity index (χ4v) is 7.86. The molecular formula is C18H23NS2. The fraction of sp³-hybridized carbons (Fsp3) is 0.667. The molecule has 3 unspecified atom stereocenters. The van der Waals surface area contributed by atoms with Crippen LogP contribution in [0.5, 0.6) is 0 Å². The van der Waals surface area contributed by atoms with Gasteiger partial charge in [0.2, 0.25) is 0 Å². The summed E-state index contributed by atoms with van der Waals surface area (Å²) in [6, 6.07) is 4.65. The minimum absolute atomic E-state index is 0.464. The van der Waals surface area contributed by atoms with Gasteiger partial charge >= 0.3 is 0 Å². The second-order valence-electron chi connectivity index (χ2n) is 7.78. The van der Waals surface area contributed by atoms with E-state index in [0.29, 0.717) is 5.54 Å². The molecule has 6 rings (SSSR count). The molecule has 0 saturated heterocycles. The smallest absolute Gasteiger partial charge is 0.0868 e. The SMILES string of the molecule is CC1C2CC3CC(C2)CC1(NCc1cc2ccsc2s1)C3. The maximum absolute atomic E-state index is 4.06. The lowest BCUT2D eigenvalue weighted by Gasteiger charge is -2.61. The van der Waals surface area contributed by atoms with E-state index in [-0.39, 0.29) is 0 Å². The Morgan fingerprint density at radius 2 is 2.05 bits per heavy atom. The molecule has 112 valence electrons. The molecule has 1 N–H and O–H groups in total. The van der Waals surface area contributed by atoms with Crippen molar-refractivity contribution in [2.75, 3.05) is 0 Å². The van der Waals surface area contributed by atoms with E-state index in [9.17, 15) is 0 Å². The quantitative estimate of drug-likeness (QED) is 0.813. The van der Waals surface area contributed by atoms with Crippen molar-refractivity contribution in [3.05, 3.63) is 22.4 Å². The number of hydrogen-bond donors (Lipinski definition) is 1. The van der Waals surface area contributed by atoms with Gasteiger partial charge in [0.15, 0.2) is 0 Å². The van der Waals surface area contributed by atoms with Crippen LogP contribution in [0.3, 0.4) is 0 Å². The van der Waals surface area contributed by atoms with Crippen LogP contribution in [0.2, 0.25) is 0 Å². The Balaban J connectivity index is 1.38. The van der Waals surface area contributed by atoms with Gasteiger partial charge in [-0.2, -0.15) is 0 Å². The summed E-state index contributed by atoms with van der Waals surface area (Å²) in [5.74, 6) is 3.94. The van der Waals surface area contributed by atoms with Crippen LogP contribution in [0.1, 0.15) is 43.9 Å². The van der Waals surface area contributed by atoms with Gasteiger partial charge in [-0.1, -0.05) is 6.92 Å². The molecule has 2 aromatic heterocycles. The Bertz CT molecular complexity index is 627. The summed E-state index contributed by atoms with van der Waals surface area (Å²) in [5.41, 5.74) is 0.464. The molecule has 4 aliphatic carbocycles. The van der Waals surface area contributed by atoms with Crippen molar-refractivity contribution < 1.29 is 0 Å². The standard InChI is InChI=1S/C18H23NS2/c1-11-15-5-12-4-13(6-15)9-18(11,8-12)19-10-16-7-14-2-3-20-17(14)21-16/h2-3,7,11-13,15,19H,4-6,8-10H2,1H3. The van der Waals surface area contributed by atoms with Gasteiger partial charge in [-0.3, -0.25) is 0 Å². The lowest BCUT2D eigenvalue weighted by molar-refractivity contribution is -0.0674. The summed E-state index contributed by atoms with van der Waals surface area (Å²) in [7, 11) is 0. The van der Waals surface area contributed by atoms with Gasteiger partial charge in [0.25, 0.3) is 0 Å². The maximum atomic E-state index is 4.06. The topological polar surface area (TPSA) is 12.0 Å². The van der Waals surface area contributed by atoms with E-state index in [1.807, 2.05) is 22.7 Å². The van der Waals surface area contributed by atoms with E-state index in [1.165, 1.54) is 46.4 Å². The van der Waals surface area contributed by atoms with E-state index in [4.69, 9.17) is 0 Å². The number of hydrogen-bond acceptors (Lipinski definition) is 3. The molecule has 3 heteroatoms. The lowest BCUT2D eigenvalue weighted by Crippen LogP contribution is -2.63. The average Bonchev–Trinajstić information content (AvgIpc) is 3.02. The second kappa shape index (κ2) is 4.56. The lowest BCUT2D eigenvalue weighted by atomic mass is 9.49. The van der Waals surface area contributed by atoms with Crippen molar-refractivity contribution in [2.24, 2.45) is 23.7 Å². The van der Waals surface area contributed by atoms with Crippen LogP contribution in [-0.2, 0) is 6.54 Å². The van der Waals surface area contributed by atoms with E-state index in [2.05, 4.69) is 29.8 Å². The third-order valence-corrected chi connectivity index (χ3v) is 8.84. The molecule has 4 bridgehead atoms. The van der Waals surface area contributed by atoms with E-state index < -0.39 is 0 Å². The average molecular weight is 318 g/mol. The highest BCUT2D eigenvalue weighted by atomic mass is 32.2. The van der Waals surface area contributed by atoms with Crippen LogP contribution in [-0.4, -0.2) is 5.54 Å². The molecule has 2 aromatic rings. The molecule has 3 atom stereocenters. The van der Waals surface area contributed by atoms with E-state index in [1.54, 1.807) is 0 Å². The third-order valence-electron chi connectivity index (χ3n) is 6.64. The summed E-state index contributed by atoms with van der Waals surface area (Å²) in [6.07, 6.45) is 7.47.